The minimum Gasteiger partial charge on any atom is -0.478 e. The SMILES string of the molecule is CCCCc1ccc(-c2cccc(-c3cc(C(=O)O)c4cc([N+](=O)[O-])ccc4n3)n2)cc1. The van der Waals surface area contributed by atoms with Gasteiger partial charge >= 0.3 is 5.97 Å². The molecule has 0 atom stereocenters. The van der Waals surface area contributed by atoms with Crippen molar-refractivity contribution in [1.82, 2.24) is 9.97 Å². The highest BCUT2D eigenvalue weighted by Crippen LogP contribution is 2.28. The van der Waals surface area contributed by atoms with Crippen molar-refractivity contribution in [3.8, 4) is 22.6 Å². The van der Waals surface area contributed by atoms with Gasteiger partial charge in [-0.3, -0.25) is 10.1 Å². The van der Waals surface area contributed by atoms with Gasteiger partial charge in [-0.25, -0.2) is 14.8 Å². The standard InChI is InChI=1S/C25H21N3O4/c1-2-3-5-16-8-10-17(11-9-16)21-6-4-7-23(26-21)24-15-20(25(29)30)19-14-18(28(31)32)12-13-22(19)27-24/h4,6-15H,2-3,5H2,1H3,(H,29,30). The lowest BCUT2D eigenvalue weighted by Gasteiger charge is -2.09. The molecular formula is C25H21N3O4. The summed E-state index contributed by atoms with van der Waals surface area (Å²) >= 11 is 0. The molecule has 0 saturated heterocycles. The molecule has 0 aliphatic heterocycles. The maximum absolute atomic E-state index is 11.9. The van der Waals surface area contributed by atoms with Crippen molar-refractivity contribution in [3.05, 3.63) is 88.0 Å². The van der Waals surface area contributed by atoms with Crippen LogP contribution in [-0.4, -0.2) is 26.0 Å². The fourth-order valence-electron chi connectivity index (χ4n) is 3.60. The van der Waals surface area contributed by atoms with Crippen molar-refractivity contribution in [3.63, 3.8) is 0 Å². The summed E-state index contributed by atoms with van der Waals surface area (Å²) in [5.74, 6) is -1.18. The number of aromatic carboxylic acids is 1. The van der Waals surface area contributed by atoms with Gasteiger partial charge in [-0.05, 0) is 42.7 Å². The maximum atomic E-state index is 11.9. The molecule has 0 aliphatic rings. The number of nitro benzene ring substituents is 1. The van der Waals surface area contributed by atoms with Crippen molar-refractivity contribution >= 4 is 22.6 Å². The maximum Gasteiger partial charge on any atom is 0.336 e. The lowest BCUT2D eigenvalue weighted by molar-refractivity contribution is -0.384. The normalized spacial score (nSPS) is 10.9. The number of hydrogen-bond donors (Lipinski definition) is 1. The predicted octanol–water partition coefficient (Wildman–Crippen LogP) is 5.91. The molecule has 0 amide bonds. The average Bonchev–Trinajstić information content (AvgIpc) is 2.82. The Kier molecular flexibility index (Phi) is 5.89. The number of pyridine rings is 2. The van der Waals surface area contributed by atoms with E-state index in [4.69, 9.17) is 4.98 Å². The summed E-state index contributed by atoms with van der Waals surface area (Å²) in [6, 6.07) is 19.2. The Bertz CT molecular complexity index is 1320. The Labute approximate surface area is 184 Å². The number of fused-ring (bicyclic) bond motifs is 1. The quantitative estimate of drug-likeness (QED) is 0.290. The molecular weight excluding hydrogens is 406 g/mol. The van der Waals surface area contributed by atoms with E-state index in [1.54, 1.807) is 6.07 Å². The highest BCUT2D eigenvalue weighted by atomic mass is 16.6. The Balaban J connectivity index is 1.75. The first-order valence-corrected chi connectivity index (χ1v) is 10.4. The average molecular weight is 427 g/mol. The van der Waals surface area contributed by atoms with Crippen LogP contribution in [-0.2, 0) is 6.42 Å². The molecule has 2 aromatic carbocycles. The summed E-state index contributed by atoms with van der Waals surface area (Å²) in [6.45, 7) is 2.17. The molecule has 7 nitrogen and oxygen atoms in total. The van der Waals surface area contributed by atoms with Crippen molar-refractivity contribution in [2.24, 2.45) is 0 Å². The number of nitrogens with zero attached hydrogens (tertiary/aromatic N) is 3. The fraction of sp³-hybridized carbons (Fsp3) is 0.160. The number of non-ortho nitro benzene ring substituents is 1. The van der Waals surface area contributed by atoms with E-state index in [0.29, 0.717) is 16.9 Å². The van der Waals surface area contributed by atoms with Gasteiger partial charge < -0.3 is 5.11 Å². The highest BCUT2D eigenvalue weighted by Gasteiger charge is 2.17. The van der Waals surface area contributed by atoms with Crippen molar-refractivity contribution in [2.45, 2.75) is 26.2 Å². The first-order valence-electron chi connectivity index (χ1n) is 10.4. The number of rotatable bonds is 7. The molecule has 7 heteroatoms. The topological polar surface area (TPSA) is 106 Å². The molecule has 0 unspecified atom stereocenters. The number of unbranched alkanes of at least 4 members (excludes halogenated alkanes) is 1. The van der Waals surface area contributed by atoms with Gasteiger partial charge in [0, 0.05) is 23.1 Å². The predicted molar refractivity (Wildman–Crippen MR) is 123 cm³/mol. The van der Waals surface area contributed by atoms with Gasteiger partial charge in [0.15, 0.2) is 0 Å². The molecule has 160 valence electrons. The molecule has 2 aromatic heterocycles. The van der Waals surface area contributed by atoms with E-state index in [0.717, 1.165) is 30.5 Å². The van der Waals surface area contributed by atoms with Gasteiger partial charge in [-0.15, -0.1) is 0 Å². The smallest absolute Gasteiger partial charge is 0.336 e. The summed E-state index contributed by atoms with van der Waals surface area (Å²) in [6.07, 6.45) is 3.34. The monoisotopic (exact) mass is 427 g/mol. The number of carbonyl (C=O) groups is 1. The first kappa shape index (κ1) is 21.1. The summed E-state index contributed by atoms with van der Waals surface area (Å²) in [4.78, 5) is 31.6. The Morgan fingerprint density at radius 1 is 0.969 bits per heavy atom. The number of nitro groups is 1. The number of carboxylic acid groups (broad SMARTS) is 1. The molecule has 1 N–H and O–H groups in total. The van der Waals surface area contributed by atoms with E-state index in [-0.39, 0.29) is 16.6 Å². The third-order valence-electron chi connectivity index (χ3n) is 5.31. The van der Waals surface area contributed by atoms with Crippen molar-refractivity contribution in [2.75, 3.05) is 0 Å². The number of carboxylic acids is 1. The van der Waals surface area contributed by atoms with Crippen LogP contribution in [0, 0.1) is 10.1 Å². The second-order valence-electron chi connectivity index (χ2n) is 7.53. The largest absolute Gasteiger partial charge is 0.478 e. The first-order chi connectivity index (χ1) is 15.5. The Morgan fingerprint density at radius 3 is 2.41 bits per heavy atom. The number of aromatic nitrogens is 2. The molecule has 0 bridgehead atoms. The van der Waals surface area contributed by atoms with Crippen LogP contribution in [0.4, 0.5) is 5.69 Å². The Morgan fingerprint density at radius 2 is 1.72 bits per heavy atom. The molecule has 32 heavy (non-hydrogen) atoms. The van der Waals surface area contributed by atoms with Gasteiger partial charge in [-0.1, -0.05) is 43.7 Å². The van der Waals surface area contributed by atoms with Crippen LogP contribution in [0.25, 0.3) is 33.5 Å². The highest BCUT2D eigenvalue weighted by molar-refractivity contribution is 6.04. The van der Waals surface area contributed by atoms with Crippen molar-refractivity contribution < 1.29 is 14.8 Å². The van der Waals surface area contributed by atoms with E-state index < -0.39 is 10.9 Å². The van der Waals surface area contributed by atoms with E-state index >= 15 is 0 Å². The third kappa shape index (κ3) is 4.32. The Hall–Kier alpha value is -4.13. The summed E-state index contributed by atoms with van der Waals surface area (Å²) in [7, 11) is 0. The van der Waals surface area contributed by atoms with Gasteiger partial charge in [0.2, 0.25) is 0 Å². The molecule has 0 spiro atoms. The fourth-order valence-corrected chi connectivity index (χ4v) is 3.60. The van der Waals surface area contributed by atoms with E-state index in [1.165, 1.54) is 29.8 Å². The van der Waals surface area contributed by atoms with Crippen LogP contribution in [0.15, 0.2) is 66.7 Å². The van der Waals surface area contributed by atoms with Crippen LogP contribution < -0.4 is 0 Å². The van der Waals surface area contributed by atoms with Gasteiger partial charge in [0.25, 0.3) is 5.69 Å². The zero-order chi connectivity index (χ0) is 22.7. The number of benzene rings is 2. The lowest BCUT2D eigenvalue weighted by atomic mass is 10.0. The minimum absolute atomic E-state index is 0.0545. The molecule has 0 radical (unpaired) electrons. The number of hydrogen-bond acceptors (Lipinski definition) is 5. The zero-order valence-corrected chi connectivity index (χ0v) is 17.5. The summed E-state index contributed by atoms with van der Waals surface area (Å²) < 4.78 is 0. The zero-order valence-electron chi connectivity index (χ0n) is 17.5. The van der Waals surface area contributed by atoms with Gasteiger partial charge in [-0.2, -0.15) is 0 Å². The molecule has 0 saturated carbocycles. The van der Waals surface area contributed by atoms with Crippen LogP contribution in [0.1, 0.15) is 35.7 Å². The van der Waals surface area contributed by atoms with Crippen molar-refractivity contribution in [1.29, 1.82) is 0 Å². The lowest BCUT2D eigenvalue weighted by Crippen LogP contribution is -2.02. The van der Waals surface area contributed by atoms with E-state index in [1.807, 2.05) is 24.3 Å². The molecule has 0 aliphatic carbocycles. The third-order valence-corrected chi connectivity index (χ3v) is 5.31. The molecule has 0 fully saturated rings. The second kappa shape index (κ2) is 8.93. The molecule has 4 rings (SSSR count). The van der Waals surface area contributed by atoms with Crippen LogP contribution >= 0.6 is 0 Å². The number of aryl methyl sites for hydroxylation is 1. The van der Waals surface area contributed by atoms with Crippen LogP contribution in [0.2, 0.25) is 0 Å². The minimum atomic E-state index is -1.18. The summed E-state index contributed by atoms with van der Waals surface area (Å²) in [5.41, 5.74) is 4.04. The summed E-state index contributed by atoms with van der Waals surface area (Å²) in [5, 5.41) is 21.0. The van der Waals surface area contributed by atoms with Gasteiger partial charge in [0.1, 0.15) is 0 Å². The van der Waals surface area contributed by atoms with Crippen LogP contribution in [0.3, 0.4) is 0 Å². The van der Waals surface area contributed by atoms with E-state index in [9.17, 15) is 20.0 Å². The molecule has 2 heterocycles. The second-order valence-corrected chi connectivity index (χ2v) is 7.53. The van der Waals surface area contributed by atoms with Gasteiger partial charge in [0.05, 0.1) is 33.1 Å². The van der Waals surface area contributed by atoms with Crippen LogP contribution in [0.5, 0.6) is 0 Å². The van der Waals surface area contributed by atoms with E-state index in [2.05, 4.69) is 24.0 Å². The molecule has 4 aromatic rings.